The highest BCUT2D eigenvalue weighted by Gasteiger charge is 2.21. The molecule has 2 unspecified atom stereocenters. The van der Waals surface area contributed by atoms with Crippen LogP contribution in [0.5, 0.6) is 0 Å². The van der Waals surface area contributed by atoms with Crippen molar-refractivity contribution in [3.63, 3.8) is 0 Å². The van der Waals surface area contributed by atoms with Crippen LogP contribution in [0.15, 0.2) is 0 Å². The molecule has 0 aliphatic carbocycles. The van der Waals surface area contributed by atoms with Crippen LogP contribution in [-0.4, -0.2) is 17.2 Å². The van der Waals surface area contributed by atoms with E-state index >= 15 is 0 Å². The Kier molecular flexibility index (Phi) is 4.08. The van der Waals surface area contributed by atoms with Gasteiger partial charge in [0.05, 0.1) is 6.42 Å². The van der Waals surface area contributed by atoms with Crippen LogP contribution in [0.3, 0.4) is 0 Å². The second-order valence-corrected chi connectivity index (χ2v) is 3.26. The average Bonchev–Trinajstić information content (AvgIpc) is 1.84. The summed E-state index contributed by atoms with van der Waals surface area (Å²) < 4.78 is 13.0. The van der Waals surface area contributed by atoms with Crippen molar-refractivity contribution in [1.82, 2.24) is 0 Å². The lowest BCUT2D eigenvalue weighted by atomic mass is 9.94. The molecular formula is C8H15FO2. The summed E-state index contributed by atoms with van der Waals surface area (Å²) in [6.07, 6.45) is -1.09. The van der Waals surface area contributed by atoms with Crippen molar-refractivity contribution in [2.45, 2.75) is 33.4 Å². The predicted octanol–water partition coefficient (Wildman–Crippen LogP) is 2.09. The molecule has 0 fully saturated rings. The maximum atomic E-state index is 13.0. The molecule has 11 heavy (non-hydrogen) atoms. The molecule has 0 aromatic rings. The summed E-state index contributed by atoms with van der Waals surface area (Å²) in [7, 11) is 0. The second-order valence-electron chi connectivity index (χ2n) is 3.26. The topological polar surface area (TPSA) is 37.3 Å². The van der Waals surface area contributed by atoms with Gasteiger partial charge in [0.25, 0.3) is 0 Å². The van der Waals surface area contributed by atoms with E-state index in [2.05, 4.69) is 0 Å². The zero-order valence-corrected chi connectivity index (χ0v) is 7.17. The van der Waals surface area contributed by atoms with E-state index in [-0.39, 0.29) is 18.3 Å². The molecule has 0 aromatic heterocycles. The van der Waals surface area contributed by atoms with Gasteiger partial charge < -0.3 is 5.11 Å². The Morgan fingerprint density at radius 3 is 2.18 bits per heavy atom. The van der Waals surface area contributed by atoms with E-state index < -0.39 is 12.1 Å². The summed E-state index contributed by atoms with van der Waals surface area (Å²) in [5, 5.41) is 8.35. The van der Waals surface area contributed by atoms with Gasteiger partial charge >= 0.3 is 5.97 Å². The van der Waals surface area contributed by atoms with Crippen LogP contribution in [-0.2, 0) is 4.79 Å². The van der Waals surface area contributed by atoms with Gasteiger partial charge in [-0.3, -0.25) is 4.79 Å². The highest BCUT2D eigenvalue weighted by atomic mass is 19.1. The van der Waals surface area contributed by atoms with Crippen LogP contribution >= 0.6 is 0 Å². The second kappa shape index (κ2) is 4.31. The Bertz CT molecular complexity index is 134. The summed E-state index contributed by atoms with van der Waals surface area (Å²) in [5.74, 6) is -1.40. The SMILES string of the molecule is CC(C)C(F)C(C)CC(=O)O. The first-order valence-electron chi connectivity index (χ1n) is 3.81. The van der Waals surface area contributed by atoms with Crippen molar-refractivity contribution >= 4 is 5.97 Å². The molecule has 0 radical (unpaired) electrons. The van der Waals surface area contributed by atoms with Crippen LogP contribution in [0.25, 0.3) is 0 Å². The Hall–Kier alpha value is -0.600. The molecule has 0 aromatic carbocycles. The van der Waals surface area contributed by atoms with Gasteiger partial charge in [-0.1, -0.05) is 20.8 Å². The maximum absolute atomic E-state index is 13.0. The lowest BCUT2D eigenvalue weighted by Gasteiger charge is -2.17. The highest BCUT2D eigenvalue weighted by Crippen LogP contribution is 2.19. The van der Waals surface area contributed by atoms with Crippen molar-refractivity contribution in [3.05, 3.63) is 0 Å². The molecule has 2 atom stereocenters. The molecule has 0 saturated heterocycles. The molecule has 3 heteroatoms. The number of carboxylic acids is 1. The summed E-state index contributed by atoms with van der Waals surface area (Å²) in [5.41, 5.74) is 0. The van der Waals surface area contributed by atoms with E-state index in [1.165, 1.54) is 0 Å². The third-order valence-electron chi connectivity index (χ3n) is 1.68. The summed E-state index contributed by atoms with van der Waals surface area (Å²) in [6.45, 7) is 5.13. The molecule has 1 N–H and O–H groups in total. The third-order valence-corrected chi connectivity index (χ3v) is 1.68. The summed E-state index contributed by atoms with van der Waals surface area (Å²) in [4.78, 5) is 10.2. The number of rotatable bonds is 4. The van der Waals surface area contributed by atoms with Crippen molar-refractivity contribution in [2.75, 3.05) is 0 Å². The van der Waals surface area contributed by atoms with Gasteiger partial charge in [0, 0.05) is 0 Å². The van der Waals surface area contributed by atoms with Crippen LogP contribution in [0, 0.1) is 11.8 Å². The molecule has 0 rings (SSSR count). The maximum Gasteiger partial charge on any atom is 0.303 e. The number of carboxylic acid groups (broad SMARTS) is 1. The molecule has 2 nitrogen and oxygen atoms in total. The van der Waals surface area contributed by atoms with Gasteiger partial charge in [0.15, 0.2) is 0 Å². The molecule has 0 spiro atoms. The first-order valence-corrected chi connectivity index (χ1v) is 3.81. The summed E-state index contributed by atoms with van der Waals surface area (Å²) in [6, 6.07) is 0. The number of hydrogen-bond donors (Lipinski definition) is 1. The van der Waals surface area contributed by atoms with Crippen molar-refractivity contribution in [2.24, 2.45) is 11.8 Å². The lowest BCUT2D eigenvalue weighted by molar-refractivity contribution is -0.138. The molecule has 0 bridgehead atoms. The first-order chi connectivity index (χ1) is 4.95. The molecule has 0 saturated carbocycles. The molecule has 0 aliphatic heterocycles. The third kappa shape index (κ3) is 3.96. The minimum atomic E-state index is -1.01. The molecule has 0 heterocycles. The molecule has 0 amide bonds. The predicted molar refractivity (Wildman–Crippen MR) is 41.2 cm³/mol. The number of hydrogen-bond acceptors (Lipinski definition) is 1. The van der Waals surface area contributed by atoms with E-state index in [4.69, 9.17) is 5.11 Å². The van der Waals surface area contributed by atoms with E-state index in [9.17, 15) is 9.18 Å². The summed E-state index contributed by atoms with van der Waals surface area (Å²) >= 11 is 0. The fourth-order valence-electron chi connectivity index (χ4n) is 1.05. The average molecular weight is 162 g/mol. The van der Waals surface area contributed by atoms with Gasteiger partial charge in [-0.2, -0.15) is 0 Å². The number of alkyl halides is 1. The van der Waals surface area contributed by atoms with Crippen LogP contribution in [0.1, 0.15) is 27.2 Å². The van der Waals surface area contributed by atoms with Crippen molar-refractivity contribution in [3.8, 4) is 0 Å². The van der Waals surface area contributed by atoms with Crippen LogP contribution < -0.4 is 0 Å². The number of halogens is 1. The van der Waals surface area contributed by atoms with Gasteiger partial charge in [-0.25, -0.2) is 4.39 Å². The fraction of sp³-hybridized carbons (Fsp3) is 0.875. The minimum absolute atomic E-state index is 0.0840. The molecule has 66 valence electrons. The standard InChI is InChI=1S/C8H15FO2/c1-5(2)8(9)6(3)4-7(10)11/h5-6,8H,4H2,1-3H3,(H,10,11). The largest absolute Gasteiger partial charge is 0.481 e. The first kappa shape index (κ1) is 10.4. The van der Waals surface area contributed by atoms with Gasteiger partial charge in [-0.05, 0) is 11.8 Å². The Morgan fingerprint density at radius 1 is 1.45 bits per heavy atom. The Balaban J connectivity index is 3.82. The van der Waals surface area contributed by atoms with E-state index in [1.807, 2.05) is 0 Å². The van der Waals surface area contributed by atoms with Crippen molar-refractivity contribution < 1.29 is 14.3 Å². The number of aliphatic carboxylic acids is 1. The van der Waals surface area contributed by atoms with E-state index in [1.54, 1.807) is 20.8 Å². The lowest BCUT2D eigenvalue weighted by Crippen LogP contribution is -2.21. The van der Waals surface area contributed by atoms with Crippen LogP contribution in [0.4, 0.5) is 4.39 Å². The normalized spacial score (nSPS) is 16.5. The fourth-order valence-corrected chi connectivity index (χ4v) is 1.05. The zero-order valence-electron chi connectivity index (χ0n) is 7.17. The number of carbonyl (C=O) groups is 1. The van der Waals surface area contributed by atoms with Gasteiger partial charge in [0.2, 0.25) is 0 Å². The van der Waals surface area contributed by atoms with Crippen LogP contribution in [0.2, 0.25) is 0 Å². The minimum Gasteiger partial charge on any atom is -0.481 e. The quantitative estimate of drug-likeness (QED) is 0.687. The van der Waals surface area contributed by atoms with E-state index in [0.717, 1.165) is 0 Å². The Labute approximate surface area is 66.4 Å². The molecular weight excluding hydrogens is 147 g/mol. The zero-order chi connectivity index (χ0) is 9.02. The van der Waals surface area contributed by atoms with E-state index in [0.29, 0.717) is 0 Å². The van der Waals surface area contributed by atoms with Crippen molar-refractivity contribution in [1.29, 1.82) is 0 Å². The highest BCUT2D eigenvalue weighted by molar-refractivity contribution is 5.67. The van der Waals surface area contributed by atoms with Gasteiger partial charge in [-0.15, -0.1) is 0 Å². The molecule has 0 aliphatic rings. The smallest absolute Gasteiger partial charge is 0.303 e. The monoisotopic (exact) mass is 162 g/mol. The Morgan fingerprint density at radius 2 is 1.91 bits per heavy atom. The van der Waals surface area contributed by atoms with Gasteiger partial charge in [0.1, 0.15) is 6.17 Å².